The zero-order valence-electron chi connectivity index (χ0n) is 39.8. The largest absolute Gasteiger partial charge is 0.310 e. The van der Waals surface area contributed by atoms with Crippen LogP contribution in [0.25, 0.3) is 0 Å². The summed E-state index contributed by atoms with van der Waals surface area (Å²) in [7, 11) is 0. The molecule has 0 spiro atoms. The van der Waals surface area contributed by atoms with E-state index < -0.39 is 144 Å². The van der Waals surface area contributed by atoms with Crippen LogP contribution in [0.4, 0.5) is 122 Å². The second-order valence-corrected chi connectivity index (χ2v) is 17.5. The number of quaternary nitrogens is 1. The number of hydrogen-bond acceptors (Lipinski definition) is 1. The Labute approximate surface area is 433 Å². The van der Waals surface area contributed by atoms with Crippen LogP contribution in [0.2, 0.25) is 0 Å². The maximum atomic E-state index is 15.4. The molecular formula is C56H29BF20N2. The molecule has 0 aliphatic rings. The first kappa shape index (κ1) is 56.6. The summed E-state index contributed by atoms with van der Waals surface area (Å²) in [5, 5.41) is 0. The molecule has 9 aromatic carbocycles. The molecule has 0 aliphatic carbocycles. The standard InChI is InChI=1S/C32H28N2.C24BF20/c1-25-13-17-29(18-14-25)33(27-9-5-3-6-10-27)31-21-23-32(24-22-31)34(28-11-7-4-8-12-28)30-19-15-26(2)16-20-30;26-5-1(6(27)14(35)21(42)13(5)34)25(2-7(28)15(36)22(43)16(37)8(2)29,3-9(30)17(38)23(44)18(39)10(3)31)4-11(32)19(40)24(45)20(41)12(4)33/h3-24H,1-2H3;/q;-1/p+1. The number of nitrogens with one attached hydrogen (secondary N) is 1. The summed E-state index contributed by atoms with van der Waals surface area (Å²) >= 11 is 0. The van der Waals surface area contributed by atoms with Crippen molar-refractivity contribution in [3.63, 3.8) is 0 Å². The molecule has 9 rings (SSSR count). The average molecular weight is 1120 g/mol. The molecule has 23 heteroatoms. The van der Waals surface area contributed by atoms with Crippen molar-refractivity contribution in [3.05, 3.63) is 261 Å². The smallest absolute Gasteiger partial charge is 0.200 e. The summed E-state index contributed by atoms with van der Waals surface area (Å²) in [5.74, 6) is -71.4. The molecule has 2 nitrogen and oxygen atoms in total. The van der Waals surface area contributed by atoms with Gasteiger partial charge < -0.3 is 4.90 Å². The molecule has 0 aromatic heterocycles. The fourth-order valence-electron chi connectivity index (χ4n) is 9.19. The van der Waals surface area contributed by atoms with Crippen molar-refractivity contribution in [2.45, 2.75) is 13.8 Å². The van der Waals surface area contributed by atoms with Crippen LogP contribution in [0, 0.1) is 130 Å². The molecule has 0 bridgehead atoms. The van der Waals surface area contributed by atoms with Gasteiger partial charge in [-0.25, -0.2) is 92.7 Å². The second kappa shape index (κ2) is 22.0. The van der Waals surface area contributed by atoms with Crippen LogP contribution in [-0.2, 0) is 0 Å². The van der Waals surface area contributed by atoms with Gasteiger partial charge in [-0.1, -0.05) is 71.8 Å². The van der Waals surface area contributed by atoms with Gasteiger partial charge in [-0.2, -0.15) is 0 Å². The normalized spacial score (nSPS) is 11.9. The SMILES string of the molecule is Cc1ccc(N(c2ccccc2)c2ccc([NH+](c3ccccc3)c3ccc(C)cc3)cc2)cc1.Fc1c(F)c(F)c([B-](c2c(F)c(F)c(F)c(F)c2F)(c2c(F)c(F)c(F)c(F)c2F)c2c(F)c(F)c(F)c(F)c2F)c(F)c1F. The Hall–Kier alpha value is -8.60. The fraction of sp³-hybridized carbons (Fsp3) is 0.0357. The highest BCUT2D eigenvalue weighted by molar-refractivity contribution is 7.20. The van der Waals surface area contributed by atoms with Crippen LogP contribution in [0.15, 0.2) is 133 Å². The summed E-state index contributed by atoms with van der Waals surface area (Å²) in [5.41, 5.74) is -4.73. The predicted molar refractivity (Wildman–Crippen MR) is 253 cm³/mol. The number of hydrogen-bond donors (Lipinski definition) is 1. The monoisotopic (exact) mass is 1120 g/mol. The summed E-state index contributed by atoms with van der Waals surface area (Å²) < 4.78 is 294. The fourth-order valence-corrected chi connectivity index (χ4v) is 9.19. The minimum Gasteiger partial charge on any atom is -0.310 e. The van der Waals surface area contributed by atoms with Crippen LogP contribution in [0.1, 0.15) is 11.1 Å². The van der Waals surface area contributed by atoms with E-state index in [9.17, 15) is 52.7 Å². The van der Waals surface area contributed by atoms with E-state index in [-0.39, 0.29) is 0 Å². The number of halogens is 20. The lowest BCUT2D eigenvalue weighted by Crippen LogP contribution is -2.96. The molecule has 1 N–H and O–H groups in total. The van der Waals surface area contributed by atoms with Crippen molar-refractivity contribution in [1.29, 1.82) is 0 Å². The highest BCUT2D eigenvalue weighted by atomic mass is 19.2. The van der Waals surface area contributed by atoms with E-state index in [1.165, 1.54) is 33.1 Å². The van der Waals surface area contributed by atoms with E-state index in [0.717, 1.165) is 17.1 Å². The molecule has 0 radical (unpaired) electrons. The molecule has 0 saturated carbocycles. The summed E-state index contributed by atoms with van der Waals surface area (Å²) in [6.45, 7) is 4.25. The van der Waals surface area contributed by atoms with Gasteiger partial charge in [0.15, 0.2) is 69.8 Å². The molecule has 0 aliphatic heterocycles. The molecule has 1 atom stereocenters. The van der Waals surface area contributed by atoms with Crippen molar-refractivity contribution in [3.8, 4) is 0 Å². The molecule has 0 amide bonds. The van der Waals surface area contributed by atoms with Gasteiger partial charge in [0.05, 0.1) is 0 Å². The van der Waals surface area contributed by atoms with Crippen LogP contribution in [0.5, 0.6) is 0 Å². The van der Waals surface area contributed by atoms with Crippen molar-refractivity contribution < 1.29 is 92.7 Å². The van der Waals surface area contributed by atoms with Crippen LogP contribution < -0.4 is 31.7 Å². The van der Waals surface area contributed by atoms with Crippen molar-refractivity contribution in [2.75, 3.05) is 4.90 Å². The maximum absolute atomic E-state index is 15.4. The topological polar surface area (TPSA) is 7.68 Å². The highest BCUT2D eigenvalue weighted by Crippen LogP contribution is 2.36. The van der Waals surface area contributed by atoms with Gasteiger partial charge in [0.1, 0.15) is 69.7 Å². The second-order valence-electron chi connectivity index (χ2n) is 17.5. The molecule has 1 unspecified atom stereocenters. The first-order valence-corrected chi connectivity index (χ1v) is 22.6. The molecule has 9 aromatic rings. The van der Waals surface area contributed by atoms with E-state index in [1.807, 2.05) is 0 Å². The lowest BCUT2D eigenvalue weighted by molar-refractivity contribution is -0.681. The van der Waals surface area contributed by atoms with E-state index in [1.54, 1.807) is 0 Å². The van der Waals surface area contributed by atoms with E-state index in [4.69, 9.17) is 0 Å². The number of para-hydroxylation sites is 2. The van der Waals surface area contributed by atoms with Gasteiger partial charge >= 0.3 is 0 Å². The molecule has 0 heterocycles. The van der Waals surface area contributed by atoms with Crippen molar-refractivity contribution >= 4 is 62.1 Å². The average Bonchev–Trinajstić information content (AvgIpc) is 2.74. The Balaban J connectivity index is 0.000000216. The van der Waals surface area contributed by atoms with Crippen LogP contribution >= 0.6 is 0 Å². The molecular weight excluding hydrogens is 1090 g/mol. The van der Waals surface area contributed by atoms with E-state index in [0.29, 0.717) is 0 Å². The third kappa shape index (κ3) is 9.58. The lowest BCUT2D eigenvalue weighted by atomic mass is 9.12. The predicted octanol–water partition coefficient (Wildman–Crippen LogP) is 13.8. The maximum Gasteiger partial charge on any atom is 0.200 e. The third-order valence-corrected chi connectivity index (χ3v) is 12.8. The van der Waals surface area contributed by atoms with Crippen molar-refractivity contribution in [1.82, 2.24) is 0 Å². The molecule has 0 fully saturated rings. The number of nitrogens with zero attached hydrogens (tertiary/aromatic N) is 1. The number of aryl methyl sites for hydroxylation is 2. The Kier molecular flexibility index (Phi) is 15.8. The third-order valence-electron chi connectivity index (χ3n) is 12.8. The molecule has 79 heavy (non-hydrogen) atoms. The van der Waals surface area contributed by atoms with Gasteiger partial charge in [-0.3, -0.25) is 0 Å². The Bertz CT molecular complexity index is 3300. The number of rotatable bonds is 10. The van der Waals surface area contributed by atoms with Gasteiger partial charge in [0.25, 0.3) is 0 Å². The summed E-state index contributed by atoms with van der Waals surface area (Å²) in [6, 6.07) is 47.6. The van der Waals surface area contributed by atoms with Gasteiger partial charge in [0, 0.05) is 41.3 Å². The van der Waals surface area contributed by atoms with Crippen LogP contribution in [-0.4, -0.2) is 6.15 Å². The highest BCUT2D eigenvalue weighted by Gasteiger charge is 2.52. The minimum atomic E-state index is -7.22. The van der Waals surface area contributed by atoms with Crippen LogP contribution in [0.3, 0.4) is 0 Å². The van der Waals surface area contributed by atoms with Gasteiger partial charge in [-0.15, -0.1) is 21.9 Å². The van der Waals surface area contributed by atoms with E-state index >= 15 is 35.1 Å². The Morgan fingerprint density at radius 3 is 0.734 bits per heavy atom. The minimum absolute atomic E-state index is 1.13. The first-order chi connectivity index (χ1) is 37.4. The van der Waals surface area contributed by atoms with Crippen molar-refractivity contribution in [2.24, 2.45) is 0 Å². The Morgan fingerprint density at radius 1 is 0.241 bits per heavy atom. The number of anilines is 3. The summed E-state index contributed by atoms with van der Waals surface area (Å²) in [4.78, 5) is 3.55. The molecule has 0 saturated heterocycles. The molecule has 406 valence electrons. The zero-order chi connectivity index (χ0) is 57.7. The van der Waals surface area contributed by atoms with E-state index in [2.05, 4.69) is 152 Å². The summed E-state index contributed by atoms with van der Waals surface area (Å²) in [6.07, 6.45) is -7.22. The number of benzene rings is 9. The Morgan fingerprint density at radius 2 is 0.443 bits per heavy atom. The zero-order valence-corrected chi connectivity index (χ0v) is 39.8. The first-order valence-electron chi connectivity index (χ1n) is 22.6. The quantitative estimate of drug-likeness (QED) is 0.0621. The lowest BCUT2D eigenvalue weighted by Gasteiger charge is -2.44. The van der Waals surface area contributed by atoms with Gasteiger partial charge in [0.2, 0.25) is 0 Å². The van der Waals surface area contributed by atoms with Gasteiger partial charge in [-0.05, 0) is 62.4 Å².